The quantitative estimate of drug-likeness (QED) is 0.542. The number of nitrogens with zero attached hydrogens (tertiary/aromatic N) is 1. The van der Waals surface area contributed by atoms with Gasteiger partial charge in [-0.1, -0.05) is 4.98 Å². The molecule has 1 heterocycles. The van der Waals surface area contributed by atoms with E-state index in [0.29, 0.717) is 23.1 Å². The molecule has 0 radical (unpaired) electrons. The van der Waals surface area contributed by atoms with Crippen molar-refractivity contribution in [1.82, 2.24) is 4.98 Å². The molecule has 1 aromatic heterocycles. The van der Waals surface area contributed by atoms with E-state index in [0.717, 1.165) is 0 Å². The molecule has 0 spiro atoms. The Morgan fingerprint density at radius 3 is 2.38 bits per heavy atom. The van der Waals surface area contributed by atoms with Crippen LogP contribution in [0.5, 0.6) is 11.5 Å². The molecule has 2 aromatic rings. The van der Waals surface area contributed by atoms with Gasteiger partial charge in [0, 0.05) is 18.2 Å². The van der Waals surface area contributed by atoms with Gasteiger partial charge in [0.05, 0.1) is 27.0 Å². The molecule has 0 aliphatic carbocycles. The molecule has 2 N–H and O–H groups in total. The highest BCUT2D eigenvalue weighted by molar-refractivity contribution is 6.32. The molecule has 0 aliphatic rings. The molecule has 0 saturated heterocycles. The van der Waals surface area contributed by atoms with Gasteiger partial charge in [-0.15, -0.1) is 0 Å². The van der Waals surface area contributed by atoms with Crippen LogP contribution in [0, 0.1) is 0 Å². The zero-order chi connectivity index (χ0) is 16.8. The molecule has 0 unspecified atom stereocenters. The summed E-state index contributed by atoms with van der Waals surface area (Å²) in [6.07, 6.45) is 1.44. The van der Waals surface area contributed by atoms with Gasteiger partial charge in [0.25, 0.3) is 0 Å². The van der Waals surface area contributed by atoms with Crippen molar-refractivity contribution in [3.63, 3.8) is 0 Å². The molecular weight excluding hydrogens is 357 g/mol. The Labute approximate surface area is 150 Å². The standard InChI is InChI=1S/C15H16ClN3O4.ClH/c1-4-23-14(20)12-8-17-15(19-13(12)16)18-9-5-10(21-2)7-11(6-9)22-3;/h5-8H,4H2,1-3H3,(H,17,18,19);1H. The summed E-state index contributed by atoms with van der Waals surface area (Å²) in [5.41, 5.74) is 0.854. The Bertz CT molecular complexity index is 691. The number of nitrogens with one attached hydrogen (secondary N) is 2. The van der Waals surface area contributed by atoms with Crippen LogP contribution >= 0.6 is 11.6 Å². The predicted molar refractivity (Wildman–Crippen MR) is 84.6 cm³/mol. The highest BCUT2D eigenvalue weighted by Crippen LogP contribution is 2.27. The summed E-state index contributed by atoms with van der Waals surface area (Å²) in [6, 6.07) is 5.29. The minimum atomic E-state index is -0.532. The lowest BCUT2D eigenvalue weighted by Gasteiger charge is -2.07. The largest absolute Gasteiger partial charge is 1.00 e. The van der Waals surface area contributed by atoms with E-state index in [4.69, 9.17) is 25.8 Å². The molecule has 1 aromatic carbocycles. The van der Waals surface area contributed by atoms with Crippen LogP contribution in [0.15, 0.2) is 24.4 Å². The van der Waals surface area contributed by atoms with Crippen LogP contribution in [0.1, 0.15) is 17.3 Å². The second kappa shape index (κ2) is 9.14. The fourth-order valence-electron chi connectivity index (χ4n) is 1.82. The van der Waals surface area contributed by atoms with Crippen molar-refractivity contribution in [1.29, 1.82) is 0 Å². The number of esters is 1. The van der Waals surface area contributed by atoms with E-state index in [-0.39, 0.29) is 29.7 Å². The summed E-state index contributed by atoms with van der Waals surface area (Å²) in [6.45, 7) is 1.98. The van der Waals surface area contributed by atoms with Crippen molar-refractivity contribution in [3.8, 4) is 11.5 Å². The first kappa shape index (κ1) is 19.8. The van der Waals surface area contributed by atoms with Crippen LogP contribution in [0.3, 0.4) is 0 Å². The van der Waals surface area contributed by atoms with Gasteiger partial charge >= 0.3 is 11.9 Å². The van der Waals surface area contributed by atoms with Gasteiger partial charge in [-0.05, 0) is 18.5 Å². The summed E-state index contributed by atoms with van der Waals surface area (Å²) in [7, 11) is 3.13. The van der Waals surface area contributed by atoms with E-state index in [9.17, 15) is 4.79 Å². The maximum atomic E-state index is 11.7. The van der Waals surface area contributed by atoms with E-state index in [1.54, 1.807) is 39.3 Å². The van der Waals surface area contributed by atoms with Crippen molar-refractivity contribution in [2.24, 2.45) is 0 Å². The van der Waals surface area contributed by atoms with Crippen molar-refractivity contribution in [2.75, 3.05) is 26.1 Å². The SMILES string of the molecule is CCOC(=O)c1c[nH+]c(Nc2cc(OC)cc(OC)c2)nc1Cl.[Cl-]. The molecule has 0 bridgehead atoms. The number of hydrogen-bond donors (Lipinski definition) is 1. The minimum absolute atomic E-state index is 0. The monoisotopic (exact) mass is 373 g/mol. The van der Waals surface area contributed by atoms with Gasteiger partial charge in [0.1, 0.15) is 22.7 Å². The summed E-state index contributed by atoms with van der Waals surface area (Å²) in [5.74, 6) is 1.08. The fraction of sp³-hybridized carbons (Fsp3) is 0.267. The highest BCUT2D eigenvalue weighted by Gasteiger charge is 2.19. The van der Waals surface area contributed by atoms with E-state index in [1.165, 1.54) is 6.20 Å². The topological polar surface area (TPSA) is 83.8 Å². The number of carbonyl (C=O) groups excluding carboxylic acids is 1. The van der Waals surface area contributed by atoms with Gasteiger partial charge in [0.2, 0.25) is 5.15 Å². The van der Waals surface area contributed by atoms with Gasteiger partial charge < -0.3 is 26.6 Å². The van der Waals surface area contributed by atoms with E-state index < -0.39 is 5.97 Å². The van der Waals surface area contributed by atoms with Crippen molar-refractivity contribution < 1.29 is 36.4 Å². The number of ether oxygens (including phenoxy) is 3. The number of H-pyrrole nitrogens is 1. The Hall–Kier alpha value is -2.25. The Kier molecular flexibility index (Phi) is 7.54. The van der Waals surface area contributed by atoms with E-state index in [2.05, 4.69) is 15.3 Å². The zero-order valence-electron chi connectivity index (χ0n) is 13.4. The second-order valence-corrected chi connectivity index (χ2v) is 4.76. The first-order valence-corrected chi connectivity index (χ1v) is 7.20. The van der Waals surface area contributed by atoms with E-state index >= 15 is 0 Å². The third-order valence-corrected chi connectivity index (χ3v) is 3.18. The molecule has 0 amide bonds. The smallest absolute Gasteiger partial charge is 0.395 e. The average molecular weight is 374 g/mol. The van der Waals surface area contributed by atoms with Crippen LogP contribution in [0.25, 0.3) is 0 Å². The average Bonchev–Trinajstić information content (AvgIpc) is 2.54. The van der Waals surface area contributed by atoms with Crippen LogP contribution in [-0.4, -0.2) is 31.8 Å². The number of aromatic amines is 1. The maximum Gasteiger partial charge on any atom is 0.395 e. The summed E-state index contributed by atoms with van der Waals surface area (Å²) < 4.78 is 15.3. The lowest BCUT2D eigenvalue weighted by atomic mass is 10.3. The number of benzene rings is 1. The Morgan fingerprint density at radius 2 is 1.88 bits per heavy atom. The normalized spacial score (nSPS) is 9.67. The molecule has 9 heteroatoms. The first-order chi connectivity index (χ1) is 11.1. The molecule has 7 nitrogen and oxygen atoms in total. The van der Waals surface area contributed by atoms with Gasteiger partial charge in [-0.25, -0.2) is 15.1 Å². The van der Waals surface area contributed by atoms with Crippen molar-refractivity contribution in [2.45, 2.75) is 6.92 Å². The van der Waals surface area contributed by atoms with Crippen LogP contribution in [0.2, 0.25) is 5.15 Å². The predicted octanol–water partition coefficient (Wildman–Crippen LogP) is -0.509. The Balaban J connectivity index is 0.00000288. The summed E-state index contributed by atoms with van der Waals surface area (Å²) in [5, 5.41) is 3.07. The zero-order valence-corrected chi connectivity index (χ0v) is 14.9. The number of halogens is 2. The number of rotatable bonds is 6. The minimum Gasteiger partial charge on any atom is -1.00 e. The maximum absolute atomic E-state index is 11.7. The molecule has 2 rings (SSSR count). The summed E-state index contributed by atoms with van der Waals surface area (Å²) in [4.78, 5) is 18.6. The number of aromatic nitrogens is 2. The van der Waals surface area contributed by atoms with Crippen LogP contribution in [-0.2, 0) is 4.74 Å². The molecule has 130 valence electrons. The van der Waals surface area contributed by atoms with Gasteiger partial charge in [-0.3, -0.25) is 0 Å². The number of hydrogen-bond acceptors (Lipinski definition) is 6. The molecule has 0 fully saturated rings. The lowest BCUT2D eigenvalue weighted by molar-refractivity contribution is -0.365. The molecule has 0 atom stereocenters. The molecule has 0 saturated carbocycles. The Morgan fingerprint density at radius 1 is 1.25 bits per heavy atom. The van der Waals surface area contributed by atoms with Crippen molar-refractivity contribution >= 4 is 29.2 Å². The molecular formula is C15H17Cl2N3O4. The lowest BCUT2D eigenvalue weighted by Crippen LogP contribution is -3.00. The van der Waals surface area contributed by atoms with Gasteiger partial charge in [0.15, 0.2) is 0 Å². The first-order valence-electron chi connectivity index (χ1n) is 6.82. The summed E-state index contributed by atoms with van der Waals surface area (Å²) >= 11 is 6.02. The van der Waals surface area contributed by atoms with Crippen LogP contribution in [0.4, 0.5) is 11.6 Å². The third-order valence-electron chi connectivity index (χ3n) is 2.89. The molecule has 0 aliphatic heterocycles. The number of methoxy groups -OCH3 is 2. The number of anilines is 2. The third kappa shape index (κ3) is 4.87. The van der Waals surface area contributed by atoms with Gasteiger partial charge in [-0.2, -0.15) is 0 Å². The highest BCUT2D eigenvalue weighted by atomic mass is 35.5. The number of carbonyl (C=O) groups is 1. The van der Waals surface area contributed by atoms with E-state index in [1.807, 2.05) is 0 Å². The van der Waals surface area contributed by atoms with Crippen molar-refractivity contribution in [3.05, 3.63) is 35.1 Å². The molecule has 24 heavy (non-hydrogen) atoms. The van der Waals surface area contributed by atoms with Crippen LogP contribution < -0.4 is 32.2 Å². The second-order valence-electron chi connectivity index (χ2n) is 4.40. The fourth-order valence-corrected chi connectivity index (χ4v) is 2.04.